The third-order valence-electron chi connectivity index (χ3n) is 7.48. The van der Waals surface area contributed by atoms with Gasteiger partial charge in [0, 0.05) is 62.9 Å². The molecule has 0 spiro atoms. The summed E-state index contributed by atoms with van der Waals surface area (Å²) in [5.41, 5.74) is 8.08. The third kappa shape index (κ3) is 7.62. The molecule has 2 N–H and O–H groups in total. The van der Waals surface area contributed by atoms with Gasteiger partial charge in [-0.2, -0.15) is 0 Å². The summed E-state index contributed by atoms with van der Waals surface area (Å²) in [6.45, 7) is 10.1. The summed E-state index contributed by atoms with van der Waals surface area (Å²) in [7, 11) is 1.56. The standard InChI is InChI=1S/C31H42N4O6/c1-21-8-6-7-9-25(21)34-16-17-35(26(20-34)29(32)37)28(36)18-22-10-11-24(19-27(22)39-5)40-23-12-14-33(15-13-23)30(38)41-31(2,3)4/h6-11,19,23,26H,12-18,20H2,1-5H3,(H2,32,37). The molecular formula is C31H42N4O6. The van der Waals surface area contributed by atoms with Gasteiger partial charge in [0.2, 0.25) is 11.8 Å². The summed E-state index contributed by atoms with van der Waals surface area (Å²) in [6.07, 6.45) is 1.09. The number of hydrogen-bond acceptors (Lipinski definition) is 7. The second-order valence-corrected chi connectivity index (χ2v) is 11.7. The number of piperazine rings is 1. The predicted octanol–water partition coefficient (Wildman–Crippen LogP) is 3.53. The van der Waals surface area contributed by atoms with Crippen molar-refractivity contribution in [3.05, 3.63) is 53.6 Å². The van der Waals surface area contributed by atoms with Gasteiger partial charge in [0.25, 0.3) is 0 Å². The van der Waals surface area contributed by atoms with Crippen molar-refractivity contribution in [2.24, 2.45) is 5.73 Å². The van der Waals surface area contributed by atoms with E-state index in [0.717, 1.165) is 11.3 Å². The lowest BCUT2D eigenvalue weighted by Crippen LogP contribution is -2.60. The monoisotopic (exact) mass is 566 g/mol. The molecule has 2 heterocycles. The van der Waals surface area contributed by atoms with Crippen LogP contribution in [0.1, 0.15) is 44.7 Å². The van der Waals surface area contributed by atoms with Gasteiger partial charge in [-0.1, -0.05) is 24.3 Å². The third-order valence-corrected chi connectivity index (χ3v) is 7.48. The molecule has 2 aliphatic rings. The number of para-hydroxylation sites is 1. The molecule has 0 aliphatic carbocycles. The van der Waals surface area contributed by atoms with Gasteiger partial charge in [0.15, 0.2) is 0 Å². The van der Waals surface area contributed by atoms with Gasteiger partial charge in [-0.15, -0.1) is 0 Å². The average Bonchev–Trinajstić information content (AvgIpc) is 2.93. The summed E-state index contributed by atoms with van der Waals surface area (Å²) in [6, 6.07) is 12.7. The molecule has 0 bridgehead atoms. The smallest absolute Gasteiger partial charge is 0.410 e. The van der Waals surface area contributed by atoms with Crippen LogP contribution in [0.4, 0.5) is 10.5 Å². The van der Waals surface area contributed by atoms with Crippen LogP contribution in [0.25, 0.3) is 0 Å². The number of amides is 3. The Morgan fingerprint density at radius 3 is 2.34 bits per heavy atom. The van der Waals surface area contributed by atoms with E-state index in [2.05, 4.69) is 4.90 Å². The molecule has 4 rings (SSSR count). The van der Waals surface area contributed by atoms with E-state index in [4.69, 9.17) is 19.9 Å². The minimum Gasteiger partial charge on any atom is -0.496 e. The van der Waals surface area contributed by atoms with Crippen molar-refractivity contribution in [3.63, 3.8) is 0 Å². The molecule has 2 fully saturated rings. The molecule has 2 aromatic carbocycles. The van der Waals surface area contributed by atoms with Crippen molar-refractivity contribution < 1.29 is 28.6 Å². The molecule has 41 heavy (non-hydrogen) atoms. The number of hydrogen-bond donors (Lipinski definition) is 1. The van der Waals surface area contributed by atoms with Gasteiger partial charge in [-0.3, -0.25) is 9.59 Å². The lowest BCUT2D eigenvalue weighted by molar-refractivity contribution is -0.139. The Morgan fingerprint density at radius 1 is 1.00 bits per heavy atom. The fraction of sp³-hybridized carbons (Fsp3) is 0.516. The normalized spacial score (nSPS) is 18.2. The highest BCUT2D eigenvalue weighted by Crippen LogP contribution is 2.29. The van der Waals surface area contributed by atoms with Gasteiger partial charge in [0.1, 0.15) is 29.2 Å². The maximum atomic E-state index is 13.4. The van der Waals surface area contributed by atoms with Gasteiger partial charge < -0.3 is 34.6 Å². The Hall–Kier alpha value is -3.95. The zero-order chi connectivity index (χ0) is 29.7. The molecule has 2 aromatic rings. The van der Waals surface area contributed by atoms with Crippen molar-refractivity contribution >= 4 is 23.6 Å². The van der Waals surface area contributed by atoms with Crippen molar-refractivity contribution in [2.75, 3.05) is 44.7 Å². The van der Waals surface area contributed by atoms with Crippen LogP contribution in [-0.2, 0) is 20.7 Å². The molecule has 0 radical (unpaired) electrons. The highest BCUT2D eigenvalue weighted by atomic mass is 16.6. The molecule has 10 nitrogen and oxygen atoms in total. The Bertz CT molecular complexity index is 1250. The number of aryl methyl sites for hydroxylation is 1. The maximum absolute atomic E-state index is 13.4. The Balaban J connectivity index is 1.36. The minimum absolute atomic E-state index is 0.0493. The number of ether oxygens (including phenoxy) is 3. The number of likely N-dealkylation sites (tertiary alicyclic amines) is 1. The molecule has 0 aromatic heterocycles. The van der Waals surface area contributed by atoms with Crippen LogP contribution in [0.5, 0.6) is 11.5 Å². The number of methoxy groups -OCH3 is 1. The number of piperidine rings is 1. The van der Waals surface area contributed by atoms with Crippen LogP contribution < -0.4 is 20.1 Å². The quantitative estimate of drug-likeness (QED) is 0.545. The van der Waals surface area contributed by atoms with E-state index in [-0.39, 0.29) is 24.5 Å². The van der Waals surface area contributed by atoms with E-state index >= 15 is 0 Å². The highest BCUT2D eigenvalue weighted by Gasteiger charge is 2.35. The fourth-order valence-corrected chi connectivity index (χ4v) is 5.35. The van der Waals surface area contributed by atoms with E-state index in [1.807, 2.05) is 64.1 Å². The summed E-state index contributed by atoms with van der Waals surface area (Å²) in [5, 5.41) is 0. The largest absolute Gasteiger partial charge is 0.496 e. The fourth-order valence-electron chi connectivity index (χ4n) is 5.35. The Morgan fingerprint density at radius 2 is 1.71 bits per heavy atom. The van der Waals surface area contributed by atoms with Crippen molar-refractivity contribution in [3.8, 4) is 11.5 Å². The van der Waals surface area contributed by atoms with E-state index in [9.17, 15) is 14.4 Å². The number of carbonyl (C=O) groups excluding carboxylic acids is 3. The van der Waals surface area contributed by atoms with Crippen molar-refractivity contribution in [1.29, 1.82) is 0 Å². The van der Waals surface area contributed by atoms with Gasteiger partial charge in [0.05, 0.1) is 13.5 Å². The zero-order valence-corrected chi connectivity index (χ0v) is 24.7. The average molecular weight is 567 g/mol. The number of benzene rings is 2. The lowest BCUT2D eigenvalue weighted by atomic mass is 10.0. The van der Waals surface area contributed by atoms with Crippen LogP contribution in [0.15, 0.2) is 42.5 Å². The first-order chi connectivity index (χ1) is 19.4. The Kier molecular flexibility index (Phi) is 9.30. The number of carbonyl (C=O) groups is 3. The maximum Gasteiger partial charge on any atom is 0.410 e. The number of rotatable bonds is 7. The summed E-state index contributed by atoms with van der Waals surface area (Å²) in [4.78, 5) is 43.5. The first-order valence-corrected chi connectivity index (χ1v) is 14.2. The summed E-state index contributed by atoms with van der Waals surface area (Å²) >= 11 is 0. The van der Waals surface area contributed by atoms with Gasteiger partial charge >= 0.3 is 6.09 Å². The first-order valence-electron chi connectivity index (χ1n) is 14.2. The van der Waals surface area contributed by atoms with Crippen LogP contribution in [0, 0.1) is 6.92 Å². The van der Waals surface area contributed by atoms with Gasteiger partial charge in [-0.25, -0.2) is 4.79 Å². The number of nitrogens with zero attached hydrogens (tertiary/aromatic N) is 3. The van der Waals surface area contributed by atoms with Crippen molar-refractivity contribution in [1.82, 2.24) is 9.80 Å². The molecule has 10 heteroatoms. The molecule has 3 amide bonds. The number of nitrogens with two attached hydrogens (primary N) is 1. The van der Waals surface area contributed by atoms with E-state index in [1.165, 1.54) is 0 Å². The lowest BCUT2D eigenvalue weighted by Gasteiger charge is -2.41. The predicted molar refractivity (Wildman–Crippen MR) is 156 cm³/mol. The second kappa shape index (κ2) is 12.7. The molecular weight excluding hydrogens is 524 g/mol. The van der Waals surface area contributed by atoms with Gasteiger partial charge in [-0.05, 0) is 45.4 Å². The van der Waals surface area contributed by atoms with E-state index in [0.29, 0.717) is 62.6 Å². The van der Waals surface area contributed by atoms with Crippen LogP contribution in [0.2, 0.25) is 0 Å². The van der Waals surface area contributed by atoms with Crippen molar-refractivity contribution in [2.45, 2.75) is 64.7 Å². The minimum atomic E-state index is -0.726. The number of primary amides is 1. The second-order valence-electron chi connectivity index (χ2n) is 11.7. The topological polar surface area (TPSA) is 115 Å². The van der Waals surface area contributed by atoms with Crippen LogP contribution in [-0.4, -0.2) is 85.3 Å². The zero-order valence-electron chi connectivity index (χ0n) is 24.7. The molecule has 222 valence electrons. The molecule has 2 aliphatic heterocycles. The highest BCUT2D eigenvalue weighted by molar-refractivity contribution is 5.89. The molecule has 1 atom stereocenters. The van der Waals surface area contributed by atoms with Crippen LogP contribution >= 0.6 is 0 Å². The summed E-state index contributed by atoms with van der Waals surface area (Å²) < 4.78 is 17.3. The van der Waals surface area contributed by atoms with E-state index in [1.54, 1.807) is 23.0 Å². The van der Waals surface area contributed by atoms with E-state index < -0.39 is 17.6 Å². The summed E-state index contributed by atoms with van der Waals surface area (Å²) in [5.74, 6) is 0.469. The molecule has 1 unspecified atom stereocenters. The first kappa shape index (κ1) is 30.0. The molecule has 2 saturated heterocycles. The SMILES string of the molecule is COc1cc(OC2CCN(C(=O)OC(C)(C)C)CC2)ccc1CC(=O)N1CCN(c2ccccc2C)CC1C(N)=O. The number of anilines is 1. The van der Waals surface area contributed by atoms with Crippen LogP contribution in [0.3, 0.4) is 0 Å². The molecule has 0 saturated carbocycles. The Labute approximate surface area is 242 Å².